The molecule has 0 bridgehead atoms. The summed E-state index contributed by atoms with van der Waals surface area (Å²) in [5.74, 6) is 5.88. The van der Waals surface area contributed by atoms with Crippen LogP contribution in [0.2, 0.25) is 0 Å². The van der Waals surface area contributed by atoms with Crippen molar-refractivity contribution < 1.29 is 4.74 Å². The lowest BCUT2D eigenvalue weighted by Crippen LogP contribution is -2.33. The predicted molar refractivity (Wildman–Crippen MR) is 85.7 cm³/mol. The highest BCUT2D eigenvalue weighted by Crippen LogP contribution is 2.24. The monoisotopic (exact) mass is 339 g/mol. The summed E-state index contributed by atoms with van der Waals surface area (Å²) < 4.78 is 6.64. The SMILES string of the molecule is C#CCOc1ccc(Br)cc1CNC1CCCSC1. The van der Waals surface area contributed by atoms with Crippen LogP contribution in [0.4, 0.5) is 0 Å². The standard InChI is InChI=1S/C15H18BrNOS/c1-2-7-18-15-6-5-13(16)9-12(15)10-17-14-4-3-8-19-11-14/h1,5-6,9,14,17H,3-4,7-8,10-11H2. The number of hydrogen-bond acceptors (Lipinski definition) is 3. The Morgan fingerprint density at radius 3 is 3.16 bits per heavy atom. The van der Waals surface area contributed by atoms with E-state index in [0.29, 0.717) is 12.6 Å². The molecule has 2 rings (SSSR count). The topological polar surface area (TPSA) is 21.3 Å². The van der Waals surface area contributed by atoms with Gasteiger partial charge in [-0.1, -0.05) is 21.9 Å². The van der Waals surface area contributed by atoms with Crippen molar-refractivity contribution in [2.24, 2.45) is 0 Å². The van der Waals surface area contributed by atoms with Crippen molar-refractivity contribution in [2.75, 3.05) is 18.1 Å². The molecular weight excluding hydrogens is 322 g/mol. The number of thioether (sulfide) groups is 1. The van der Waals surface area contributed by atoms with E-state index in [1.54, 1.807) is 0 Å². The number of benzene rings is 1. The van der Waals surface area contributed by atoms with Crippen molar-refractivity contribution >= 4 is 27.7 Å². The van der Waals surface area contributed by atoms with Gasteiger partial charge in [0.15, 0.2) is 0 Å². The van der Waals surface area contributed by atoms with Crippen LogP contribution in [-0.4, -0.2) is 24.2 Å². The summed E-state index contributed by atoms with van der Waals surface area (Å²) in [6.07, 6.45) is 7.82. The first-order chi connectivity index (χ1) is 9.29. The zero-order valence-electron chi connectivity index (χ0n) is 10.8. The van der Waals surface area contributed by atoms with Gasteiger partial charge in [-0.2, -0.15) is 11.8 Å². The van der Waals surface area contributed by atoms with E-state index in [2.05, 4.69) is 33.2 Å². The number of nitrogens with one attached hydrogen (secondary N) is 1. The highest BCUT2D eigenvalue weighted by atomic mass is 79.9. The molecule has 1 aliphatic heterocycles. The molecule has 1 atom stereocenters. The van der Waals surface area contributed by atoms with Gasteiger partial charge in [-0.3, -0.25) is 0 Å². The molecule has 19 heavy (non-hydrogen) atoms. The van der Waals surface area contributed by atoms with Crippen LogP contribution in [0.5, 0.6) is 5.75 Å². The number of hydrogen-bond donors (Lipinski definition) is 1. The van der Waals surface area contributed by atoms with Gasteiger partial charge >= 0.3 is 0 Å². The van der Waals surface area contributed by atoms with E-state index in [4.69, 9.17) is 11.2 Å². The molecule has 0 aliphatic carbocycles. The van der Waals surface area contributed by atoms with Gasteiger partial charge in [-0.25, -0.2) is 0 Å². The molecule has 1 unspecified atom stereocenters. The third kappa shape index (κ3) is 4.76. The molecule has 0 spiro atoms. The first-order valence-corrected chi connectivity index (χ1v) is 8.40. The summed E-state index contributed by atoms with van der Waals surface area (Å²) in [6.45, 7) is 1.14. The third-order valence-corrected chi connectivity index (χ3v) is 4.78. The molecular formula is C15H18BrNOS. The van der Waals surface area contributed by atoms with Crippen LogP contribution in [-0.2, 0) is 6.54 Å². The molecule has 2 nitrogen and oxygen atoms in total. The van der Waals surface area contributed by atoms with E-state index in [1.807, 2.05) is 23.9 Å². The van der Waals surface area contributed by atoms with Gasteiger partial charge in [0.1, 0.15) is 12.4 Å². The van der Waals surface area contributed by atoms with Crippen molar-refractivity contribution in [2.45, 2.75) is 25.4 Å². The summed E-state index contributed by atoms with van der Waals surface area (Å²) in [6, 6.07) is 6.65. The van der Waals surface area contributed by atoms with Crippen LogP contribution in [0.1, 0.15) is 18.4 Å². The van der Waals surface area contributed by atoms with E-state index in [9.17, 15) is 0 Å². The largest absolute Gasteiger partial charge is 0.481 e. The fourth-order valence-electron chi connectivity index (χ4n) is 2.10. The molecule has 0 amide bonds. The maximum absolute atomic E-state index is 5.58. The molecule has 1 aliphatic rings. The smallest absolute Gasteiger partial charge is 0.148 e. The van der Waals surface area contributed by atoms with E-state index in [-0.39, 0.29) is 0 Å². The third-order valence-electron chi connectivity index (χ3n) is 3.08. The second kappa shape index (κ2) is 7.84. The minimum atomic E-state index is 0.313. The minimum Gasteiger partial charge on any atom is -0.481 e. The molecule has 1 fully saturated rings. The number of halogens is 1. The Morgan fingerprint density at radius 1 is 1.53 bits per heavy atom. The van der Waals surface area contributed by atoms with Crippen LogP contribution in [0.3, 0.4) is 0 Å². The quantitative estimate of drug-likeness (QED) is 0.830. The summed E-state index contributed by atoms with van der Waals surface area (Å²) in [5.41, 5.74) is 1.15. The maximum atomic E-state index is 5.58. The van der Waals surface area contributed by atoms with E-state index in [0.717, 1.165) is 22.3 Å². The van der Waals surface area contributed by atoms with Crippen LogP contribution in [0.15, 0.2) is 22.7 Å². The lowest BCUT2D eigenvalue weighted by atomic mass is 10.1. The Morgan fingerprint density at radius 2 is 2.42 bits per heavy atom. The Kier molecular flexibility index (Phi) is 6.09. The Hall–Kier alpha value is -0.630. The summed E-state index contributed by atoms with van der Waals surface area (Å²) >= 11 is 5.53. The lowest BCUT2D eigenvalue weighted by molar-refractivity contribution is 0.363. The van der Waals surface area contributed by atoms with Crippen molar-refractivity contribution in [1.29, 1.82) is 0 Å². The average Bonchev–Trinajstić information content (AvgIpc) is 2.45. The minimum absolute atomic E-state index is 0.313. The molecule has 1 aromatic carbocycles. The number of terminal acetylenes is 1. The van der Waals surface area contributed by atoms with Crippen molar-refractivity contribution in [3.8, 4) is 18.1 Å². The van der Waals surface area contributed by atoms with Gasteiger partial charge in [0.05, 0.1) is 0 Å². The van der Waals surface area contributed by atoms with Gasteiger partial charge < -0.3 is 10.1 Å². The van der Waals surface area contributed by atoms with E-state index in [1.165, 1.54) is 24.3 Å². The van der Waals surface area contributed by atoms with Crippen molar-refractivity contribution in [3.05, 3.63) is 28.2 Å². The highest BCUT2D eigenvalue weighted by Gasteiger charge is 2.14. The Labute approximate surface area is 127 Å². The first kappa shape index (κ1) is 14.8. The number of rotatable bonds is 5. The predicted octanol–water partition coefficient (Wildman–Crippen LogP) is 3.45. The van der Waals surface area contributed by atoms with Crippen LogP contribution in [0, 0.1) is 12.3 Å². The van der Waals surface area contributed by atoms with Crippen molar-refractivity contribution in [1.82, 2.24) is 5.32 Å². The zero-order valence-corrected chi connectivity index (χ0v) is 13.2. The van der Waals surface area contributed by atoms with Gasteiger partial charge in [0, 0.05) is 28.4 Å². The molecule has 4 heteroatoms. The molecule has 1 N–H and O–H groups in total. The van der Waals surface area contributed by atoms with Gasteiger partial charge in [0.2, 0.25) is 0 Å². The zero-order chi connectivity index (χ0) is 13.5. The normalized spacial score (nSPS) is 18.8. The average molecular weight is 340 g/mol. The van der Waals surface area contributed by atoms with Gasteiger partial charge in [-0.05, 0) is 36.8 Å². The second-order valence-corrected chi connectivity index (χ2v) is 6.61. The summed E-state index contributed by atoms with van der Waals surface area (Å²) in [5, 5.41) is 3.61. The lowest BCUT2D eigenvalue weighted by Gasteiger charge is -2.23. The molecule has 0 radical (unpaired) electrons. The Bertz CT molecular complexity index is 452. The summed E-state index contributed by atoms with van der Waals surface area (Å²) in [4.78, 5) is 0. The Balaban J connectivity index is 1.96. The molecule has 1 aromatic rings. The van der Waals surface area contributed by atoms with E-state index < -0.39 is 0 Å². The van der Waals surface area contributed by atoms with Crippen LogP contribution >= 0.6 is 27.7 Å². The van der Waals surface area contributed by atoms with Crippen molar-refractivity contribution in [3.63, 3.8) is 0 Å². The maximum Gasteiger partial charge on any atom is 0.148 e. The van der Waals surface area contributed by atoms with E-state index >= 15 is 0 Å². The van der Waals surface area contributed by atoms with Gasteiger partial charge in [0.25, 0.3) is 0 Å². The molecule has 1 saturated heterocycles. The second-order valence-electron chi connectivity index (χ2n) is 4.54. The van der Waals surface area contributed by atoms with Crippen LogP contribution < -0.4 is 10.1 Å². The van der Waals surface area contributed by atoms with Crippen LogP contribution in [0.25, 0.3) is 0 Å². The molecule has 1 heterocycles. The molecule has 0 saturated carbocycles. The molecule has 102 valence electrons. The summed E-state index contributed by atoms with van der Waals surface area (Å²) in [7, 11) is 0. The molecule has 0 aromatic heterocycles. The fraction of sp³-hybridized carbons (Fsp3) is 0.467. The highest BCUT2D eigenvalue weighted by molar-refractivity contribution is 9.10. The number of ether oxygens (including phenoxy) is 1. The van der Waals surface area contributed by atoms with Gasteiger partial charge in [-0.15, -0.1) is 6.42 Å². The first-order valence-electron chi connectivity index (χ1n) is 6.45. The fourth-order valence-corrected chi connectivity index (χ4v) is 3.62.